The van der Waals surface area contributed by atoms with E-state index in [1.54, 1.807) is 5.38 Å². The van der Waals surface area contributed by atoms with E-state index in [0.29, 0.717) is 27.7 Å². The van der Waals surface area contributed by atoms with E-state index in [4.69, 9.17) is 10.6 Å². The topological polar surface area (TPSA) is 216 Å². The normalized spacial score (nSPS) is 19.1. The number of amides is 2. The molecule has 5 rings (SSSR count). The third kappa shape index (κ3) is 4.37. The van der Waals surface area contributed by atoms with Gasteiger partial charge in [0.05, 0.1) is 16.7 Å². The second-order valence-corrected chi connectivity index (χ2v) is 10.6. The number of nitrogens with one attached hydrogen (secondary N) is 1. The quantitative estimate of drug-likeness (QED) is 0.151. The molecular weight excluding hydrogens is 560 g/mol. The molecule has 18 heteroatoms. The number of carboxylic acid groups (broad SMARTS) is 1. The molecule has 0 aromatic carbocycles. The summed E-state index contributed by atoms with van der Waals surface area (Å²) in [5.41, 5.74) is 6.11. The number of carboxylic acids is 1. The van der Waals surface area contributed by atoms with E-state index in [2.05, 4.69) is 25.4 Å². The van der Waals surface area contributed by atoms with Gasteiger partial charge in [-0.05, 0) is 24.2 Å². The molecule has 0 aliphatic carbocycles. The molecule has 5 heterocycles. The van der Waals surface area contributed by atoms with Gasteiger partial charge >= 0.3 is 11.0 Å². The molecule has 0 unspecified atom stereocenters. The highest BCUT2D eigenvalue weighted by Gasteiger charge is 2.54. The number of carbonyl (C=O) groups excluding carboxylic acids is 2. The molecule has 15 nitrogen and oxygen atoms in total. The molecule has 4 N–H and O–H groups in total. The number of aliphatic carboxylic acids is 1. The molecule has 1 fully saturated rings. The lowest BCUT2D eigenvalue weighted by Gasteiger charge is -2.50. The van der Waals surface area contributed by atoms with Crippen LogP contribution in [0.3, 0.4) is 0 Å². The van der Waals surface area contributed by atoms with Crippen LogP contribution in [0.4, 0.5) is 10.1 Å². The van der Waals surface area contributed by atoms with E-state index in [1.165, 1.54) is 12.5 Å². The molecule has 2 aliphatic rings. The monoisotopic (exact) mass is 576 g/mol. The maximum absolute atomic E-state index is 13.1. The van der Waals surface area contributed by atoms with Gasteiger partial charge in [0.1, 0.15) is 30.7 Å². The minimum Gasteiger partial charge on any atom is -0.477 e. The van der Waals surface area contributed by atoms with Crippen molar-refractivity contribution in [3.8, 4) is 10.0 Å². The number of nitro groups is 1. The number of anilines is 1. The summed E-state index contributed by atoms with van der Waals surface area (Å²) in [5.74, 6) is -2.64. The molecule has 0 radical (unpaired) electrons. The maximum Gasteiger partial charge on any atom is 0.352 e. The van der Waals surface area contributed by atoms with Crippen molar-refractivity contribution in [1.82, 2.24) is 25.2 Å². The largest absolute Gasteiger partial charge is 0.477 e. The second kappa shape index (κ2) is 9.88. The van der Waals surface area contributed by atoms with Crippen LogP contribution in [-0.4, -0.2) is 72.6 Å². The van der Waals surface area contributed by atoms with Crippen LogP contribution in [0.15, 0.2) is 27.8 Å². The van der Waals surface area contributed by atoms with Crippen LogP contribution in [0.5, 0.6) is 0 Å². The number of nitrogen functional groups attached to an aromatic ring is 1. The van der Waals surface area contributed by atoms with Gasteiger partial charge in [0, 0.05) is 16.3 Å². The molecule has 0 bridgehead atoms. The highest BCUT2D eigenvalue weighted by Crippen LogP contribution is 2.42. The molecule has 0 spiro atoms. The van der Waals surface area contributed by atoms with Gasteiger partial charge in [-0.25, -0.2) is 19.7 Å². The Morgan fingerprint density at radius 2 is 2.11 bits per heavy atom. The zero-order valence-corrected chi connectivity index (χ0v) is 21.6. The van der Waals surface area contributed by atoms with Crippen molar-refractivity contribution < 1.29 is 29.3 Å². The lowest BCUT2D eigenvalue weighted by atomic mass is 9.82. The summed E-state index contributed by atoms with van der Waals surface area (Å²) in [4.78, 5) is 66.9. The second-order valence-electron chi connectivity index (χ2n) is 7.89. The van der Waals surface area contributed by atoms with E-state index in [1.807, 2.05) is 0 Å². The average Bonchev–Trinajstić information content (AvgIpc) is 3.65. The minimum atomic E-state index is -1.32. The number of allylic oxidation sites excluding steroid dienone is 1. The fourth-order valence-corrected chi connectivity index (χ4v) is 6.33. The van der Waals surface area contributed by atoms with E-state index in [9.17, 15) is 29.6 Å². The first-order valence-corrected chi connectivity index (χ1v) is 13.3. The SMILES string of the molecule is CO/N=C(\C(=O)N[C@@H]1C(=O)N2C(C(=O)O)=C(c3csc(-c4ncc([N+](=O)[O-])s4)n3)CC[C@H]12)c1csc(N)n1. The smallest absolute Gasteiger partial charge is 0.352 e. The molecule has 3 aromatic heterocycles. The highest BCUT2D eigenvalue weighted by molar-refractivity contribution is 7.22. The minimum absolute atomic E-state index is 0.140. The summed E-state index contributed by atoms with van der Waals surface area (Å²) in [6, 6.07) is -1.57. The summed E-state index contributed by atoms with van der Waals surface area (Å²) in [7, 11) is 1.26. The first kappa shape index (κ1) is 25.4. The third-order valence-electron chi connectivity index (χ3n) is 5.76. The van der Waals surface area contributed by atoms with Crippen LogP contribution in [0, 0.1) is 10.1 Å². The molecular formula is C20H16N8O7S3. The van der Waals surface area contributed by atoms with Crippen molar-refractivity contribution in [3.05, 3.63) is 44.2 Å². The van der Waals surface area contributed by atoms with Crippen molar-refractivity contribution in [2.24, 2.45) is 5.16 Å². The van der Waals surface area contributed by atoms with Crippen molar-refractivity contribution in [3.63, 3.8) is 0 Å². The summed E-state index contributed by atoms with van der Waals surface area (Å²) < 4.78 is 0. The Morgan fingerprint density at radius 1 is 1.32 bits per heavy atom. The molecule has 38 heavy (non-hydrogen) atoms. The zero-order valence-electron chi connectivity index (χ0n) is 19.2. The van der Waals surface area contributed by atoms with Crippen LogP contribution in [0.25, 0.3) is 15.6 Å². The number of nitrogens with two attached hydrogens (primary N) is 1. The number of aromatic nitrogens is 3. The summed E-state index contributed by atoms with van der Waals surface area (Å²) in [6.07, 6.45) is 1.76. The maximum atomic E-state index is 13.1. The molecule has 2 atom stereocenters. The predicted octanol–water partition coefficient (Wildman–Crippen LogP) is 1.55. The van der Waals surface area contributed by atoms with Gasteiger partial charge in [0.2, 0.25) is 0 Å². The molecule has 196 valence electrons. The van der Waals surface area contributed by atoms with Gasteiger partial charge < -0.3 is 21.0 Å². The Hall–Kier alpha value is -4.29. The van der Waals surface area contributed by atoms with Crippen LogP contribution in [0.1, 0.15) is 24.2 Å². The number of carbonyl (C=O) groups is 3. The third-order valence-corrected chi connectivity index (χ3v) is 8.37. The molecule has 0 saturated carbocycles. The lowest BCUT2D eigenvalue weighted by molar-refractivity contribution is -0.380. The number of nitrogens with zero attached hydrogens (tertiary/aromatic N) is 6. The molecule has 2 aliphatic heterocycles. The number of β-lactam (4-membered cyclic amide) rings is 1. The highest BCUT2D eigenvalue weighted by atomic mass is 32.1. The van der Waals surface area contributed by atoms with Gasteiger partial charge in [0.25, 0.3) is 11.8 Å². The van der Waals surface area contributed by atoms with E-state index in [0.717, 1.165) is 45.1 Å². The van der Waals surface area contributed by atoms with Crippen molar-refractivity contribution >= 4 is 73.2 Å². The number of thiazole rings is 3. The molecule has 2 amide bonds. The fraction of sp³-hybridized carbons (Fsp3) is 0.250. The zero-order chi connectivity index (χ0) is 27.1. The van der Waals surface area contributed by atoms with Gasteiger partial charge in [-0.2, -0.15) is 0 Å². The van der Waals surface area contributed by atoms with Crippen LogP contribution in [0.2, 0.25) is 0 Å². The fourth-order valence-electron chi connectivity index (χ4n) is 4.17. The first-order chi connectivity index (χ1) is 18.2. The summed E-state index contributed by atoms with van der Waals surface area (Å²) in [5, 5.41) is 31.2. The van der Waals surface area contributed by atoms with Crippen LogP contribution >= 0.6 is 34.0 Å². The van der Waals surface area contributed by atoms with Crippen LogP contribution in [-0.2, 0) is 19.2 Å². The summed E-state index contributed by atoms with van der Waals surface area (Å²) >= 11 is 3.12. The Kier molecular flexibility index (Phi) is 6.59. The number of fused-ring (bicyclic) bond motifs is 1. The van der Waals surface area contributed by atoms with Gasteiger partial charge in [-0.3, -0.25) is 24.6 Å². The van der Waals surface area contributed by atoms with Gasteiger partial charge in [0.15, 0.2) is 20.9 Å². The van der Waals surface area contributed by atoms with Crippen molar-refractivity contribution in [2.45, 2.75) is 24.9 Å². The van der Waals surface area contributed by atoms with Gasteiger partial charge in [-0.15, -0.1) is 22.7 Å². The number of hydrogen-bond donors (Lipinski definition) is 3. The van der Waals surface area contributed by atoms with Crippen molar-refractivity contribution in [1.29, 1.82) is 0 Å². The van der Waals surface area contributed by atoms with E-state index >= 15 is 0 Å². The Balaban J connectivity index is 1.38. The van der Waals surface area contributed by atoms with Crippen molar-refractivity contribution in [2.75, 3.05) is 12.8 Å². The Morgan fingerprint density at radius 3 is 2.74 bits per heavy atom. The van der Waals surface area contributed by atoms with E-state index in [-0.39, 0.29) is 33.7 Å². The Bertz CT molecular complexity index is 1540. The number of rotatable bonds is 8. The number of hydrogen-bond acceptors (Lipinski definition) is 14. The summed E-state index contributed by atoms with van der Waals surface area (Å²) in [6.45, 7) is 0. The predicted molar refractivity (Wildman–Crippen MR) is 136 cm³/mol. The first-order valence-electron chi connectivity index (χ1n) is 10.7. The van der Waals surface area contributed by atoms with E-state index < -0.39 is 34.8 Å². The standard InChI is InChI=1S/C20H16N8O7S3/c1-35-26-12(9-6-37-20(21)24-9)15(29)25-13-10-3-2-7(14(19(31)32)27(10)18(13)30)8-5-36-17(23-8)16-22-4-11(38-16)28(33)34/h4-6,10,13H,2-3H2,1H3,(H2,21,24)(H,25,29)(H,31,32)/b26-12-/t10-,13+/m1/s1. The number of oxime groups is 1. The average molecular weight is 577 g/mol. The molecule has 1 saturated heterocycles. The lowest BCUT2D eigenvalue weighted by Crippen LogP contribution is -2.72. The van der Waals surface area contributed by atoms with Crippen LogP contribution < -0.4 is 11.1 Å². The van der Waals surface area contributed by atoms with Gasteiger partial charge in [-0.1, -0.05) is 5.16 Å². The molecule has 3 aromatic rings. The Labute approximate surface area is 224 Å².